The molecule has 0 N–H and O–H groups in total. The lowest BCUT2D eigenvalue weighted by Crippen LogP contribution is -1.89. The zero-order valence-corrected chi connectivity index (χ0v) is 9.68. The Balaban J connectivity index is 2.17. The Bertz CT molecular complexity index is 417. The zero-order valence-electron chi connectivity index (χ0n) is 8.09. The first-order valence-electron chi connectivity index (χ1n) is 4.81. The van der Waals surface area contributed by atoms with E-state index in [0.717, 1.165) is 22.0 Å². The van der Waals surface area contributed by atoms with Crippen LogP contribution in [0.2, 0.25) is 0 Å². The molecule has 0 radical (unpaired) electrons. The molecule has 1 nitrogen and oxygen atoms in total. The molecule has 1 aromatic rings. The highest BCUT2D eigenvalue weighted by Gasteiger charge is 2.12. The van der Waals surface area contributed by atoms with Crippen LogP contribution in [0.5, 0.6) is 0 Å². The van der Waals surface area contributed by atoms with Crippen molar-refractivity contribution in [2.24, 2.45) is 0 Å². The van der Waals surface area contributed by atoms with Gasteiger partial charge in [0.25, 0.3) is 0 Å². The fraction of sp³-hybridized carbons (Fsp3) is 0.250. The van der Waals surface area contributed by atoms with Crippen molar-refractivity contribution >= 4 is 21.7 Å². The molecule has 1 aromatic carbocycles. The molecule has 0 heterocycles. The summed E-state index contributed by atoms with van der Waals surface area (Å²) in [5, 5.41) is 0. The Hall–Kier alpha value is -0.960. The summed E-state index contributed by atoms with van der Waals surface area (Å²) in [5.74, 6) is -0.0650. The first-order chi connectivity index (χ1) is 7.13. The monoisotopic (exact) mass is 268 g/mol. The molecule has 0 unspecified atom stereocenters. The van der Waals surface area contributed by atoms with Crippen molar-refractivity contribution in [3.8, 4) is 0 Å². The summed E-state index contributed by atoms with van der Waals surface area (Å²) < 4.78 is 13.8. The Kier molecular flexibility index (Phi) is 3.00. The van der Waals surface area contributed by atoms with Crippen molar-refractivity contribution in [3.05, 3.63) is 45.7 Å². The lowest BCUT2D eigenvalue weighted by molar-refractivity contribution is -0.114. The van der Waals surface area contributed by atoms with Crippen LogP contribution >= 0.6 is 15.9 Å². The molecular formula is C12H10BrFO. The molecule has 0 fully saturated rings. The van der Waals surface area contributed by atoms with E-state index < -0.39 is 0 Å². The molecule has 0 saturated carbocycles. The Labute approximate surface area is 96.1 Å². The smallest absolute Gasteiger partial charge is 0.155 e. The van der Waals surface area contributed by atoms with Crippen LogP contribution in [-0.2, 0) is 11.2 Å². The summed E-state index contributed by atoms with van der Waals surface area (Å²) in [5.41, 5.74) is 2.00. The number of benzene rings is 1. The number of ketones is 1. The van der Waals surface area contributed by atoms with E-state index in [-0.39, 0.29) is 11.6 Å². The maximum atomic E-state index is 13.1. The number of allylic oxidation sites excluding steroid dienone is 2. The van der Waals surface area contributed by atoms with Gasteiger partial charge in [-0.05, 0) is 42.7 Å². The summed E-state index contributed by atoms with van der Waals surface area (Å²) in [7, 11) is 0. The molecule has 2 rings (SSSR count). The third kappa shape index (κ3) is 2.75. The van der Waals surface area contributed by atoms with Crippen molar-refractivity contribution in [2.75, 3.05) is 0 Å². The fourth-order valence-electron chi connectivity index (χ4n) is 1.77. The normalized spacial score (nSPS) is 15.6. The Morgan fingerprint density at radius 1 is 1.27 bits per heavy atom. The lowest BCUT2D eigenvalue weighted by Gasteiger charge is -2.03. The molecular weight excluding hydrogens is 259 g/mol. The molecule has 0 spiro atoms. The predicted molar refractivity (Wildman–Crippen MR) is 60.1 cm³/mol. The van der Waals surface area contributed by atoms with Crippen molar-refractivity contribution in [1.29, 1.82) is 0 Å². The van der Waals surface area contributed by atoms with Crippen molar-refractivity contribution in [2.45, 2.75) is 19.3 Å². The van der Waals surface area contributed by atoms with Crippen LogP contribution in [0.3, 0.4) is 0 Å². The SMILES string of the molecule is O=C1C=C(Cc2cc(F)cc(Br)c2)CC1. The number of rotatable bonds is 2. The van der Waals surface area contributed by atoms with Gasteiger partial charge in [-0.25, -0.2) is 4.39 Å². The Morgan fingerprint density at radius 3 is 2.67 bits per heavy atom. The van der Waals surface area contributed by atoms with E-state index in [1.165, 1.54) is 12.1 Å². The number of halogens is 2. The van der Waals surface area contributed by atoms with Gasteiger partial charge in [-0.3, -0.25) is 4.79 Å². The van der Waals surface area contributed by atoms with Gasteiger partial charge in [-0.2, -0.15) is 0 Å². The van der Waals surface area contributed by atoms with E-state index in [4.69, 9.17) is 0 Å². The molecule has 0 aliphatic heterocycles. The molecule has 0 atom stereocenters. The van der Waals surface area contributed by atoms with Crippen molar-refractivity contribution < 1.29 is 9.18 Å². The topological polar surface area (TPSA) is 17.1 Å². The molecule has 0 bridgehead atoms. The molecule has 78 valence electrons. The second kappa shape index (κ2) is 4.27. The average molecular weight is 269 g/mol. The second-order valence-electron chi connectivity index (χ2n) is 3.72. The quantitative estimate of drug-likeness (QED) is 0.804. The van der Waals surface area contributed by atoms with E-state index in [1.54, 1.807) is 6.08 Å². The lowest BCUT2D eigenvalue weighted by atomic mass is 10.1. The number of hydrogen-bond acceptors (Lipinski definition) is 1. The van der Waals surface area contributed by atoms with Crippen LogP contribution in [0.15, 0.2) is 34.3 Å². The largest absolute Gasteiger partial charge is 0.295 e. The molecule has 0 saturated heterocycles. The van der Waals surface area contributed by atoms with E-state index in [0.29, 0.717) is 12.8 Å². The van der Waals surface area contributed by atoms with Gasteiger partial charge in [0.15, 0.2) is 5.78 Å². The van der Waals surface area contributed by atoms with Gasteiger partial charge in [-0.15, -0.1) is 0 Å². The predicted octanol–water partition coefficient (Wildman–Crippen LogP) is 3.42. The summed E-state index contributed by atoms with van der Waals surface area (Å²) >= 11 is 3.25. The minimum absolute atomic E-state index is 0.181. The van der Waals surface area contributed by atoms with E-state index in [2.05, 4.69) is 15.9 Å². The maximum absolute atomic E-state index is 13.1. The van der Waals surface area contributed by atoms with Crippen LogP contribution in [0.4, 0.5) is 4.39 Å². The summed E-state index contributed by atoms with van der Waals surface area (Å²) in [6.45, 7) is 0. The van der Waals surface area contributed by atoms with E-state index in [9.17, 15) is 9.18 Å². The maximum Gasteiger partial charge on any atom is 0.155 e. The molecule has 1 aliphatic rings. The Morgan fingerprint density at radius 2 is 2.07 bits per heavy atom. The highest BCUT2D eigenvalue weighted by Crippen LogP contribution is 2.22. The second-order valence-corrected chi connectivity index (χ2v) is 4.64. The third-order valence-corrected chi connectivity index (χ3v) is 2.87. The van der Waals surface area contributed by atoms with E-state index in [1.807, 2.05) is 6.07 Å². The fourth-order valence-corrected chi connectivity index (χ4v) is 2.28. The molecule has 1 aliphatic carbocycles. The minimum Gasteiger partial charge on any atom is -0.295 e. The van der Waals surface area contributed by atoms with Gasteiger partial charge in [-0.1, -0.05) is 21.5 Å². The van der Waals surface area contributed by atoms with Crippen molar-refractivity contribution in [1.82, 2.24) is 0 Å². The van der Waals surface area contributed by atoms with Crippen molar-refractivity contribution in [3.63, 3.8) is 0 Å². The van der Waals surface area contributed by atoms with Gasteiger partial charge in [0.1, 0.15) is 5.82 Å². The average Bonchev–Trinajstić information content (AvgIpc) is 2.49. The number of carbonyl (C=O) groups excluding carboxylic acids is 1. The van der Waals surface area contributed by atoms with Gasteiger partial charge in [0.05, 0.1) is 0 Å². The highest BCUT2D eigenvalue weighted by atomic mass is 79.9. The van der Waals surface area contributed by atoms with Gasteiger partial charge < -0.3 is 0 Å². The number of hydrogen-bond donors (Lipinski definition) is 0. The van der Waals surface area contributed by atoms with Crippen LogP contribution in [0, 0.1) is 5.82 Å². The van der Waals surface area contributed by atoms with Gasteiger partial charge in [0.2, 0.25) is 0 Å². The van der Waals surface area contributed by atoms with Crippen LogP contribution in [0.25, 0.3) is 0 Å². The van der Waals surface area contributed by atoms with Crippen LogP contribution < -0.4 is 0 Å². The summed E-state index contributed by atoms with van der Waals surface area (Å²) in [4.78, 5) is 11.0. The highest BCUT2D eigenvalue weighted by molar-refractivity contribution is 9.10. The minimum atomic E-state index is -0.246. The first-order valence-corrected chi connectivity index (χ1v) is 5.60. The van der Waals surface area contributed by atoms with Gasteiger partial charge in [0, 0.05) is 10.9 Å². The van der Waals surface area contributed by atoms with Crippen LogP contribution in [0.1, 0.15) is 18.4 Å². The third-order valence-electron chi connectivity index (χ3n) is 2.41. The molecule has 15 heavy (non-hydrogen) atoms. The summed E-state index contributed by atoms with van der Waals surface area (Å²) in [6.07, 6.45) is 3.76. The zero-order chi connectivity index (χ0) is 10.8. The molecule has 0 amide bonds. The summed E-state index contributed by atoms with van der Waals surface area (Å²) in [6, 6.07) is 4.82. The van der Waals surface area contributed by atoms with E-state index >= 15 is 0 Å². The molecule has 3 heteroatoms. The first kappa shape index (κ1) is 10.6. The number of carbonyl (C=O) groups is 1. The molecule has 0 aromatic heterocycles. The standard InChI is InChI=1S/C12H10BrFO/c13-10-4-9(5-11(14)7-10)3-8-1-2-12(15)6-8/h4-7H,1-3H2. The van der Waals surface area contributed by atoms with Crippen LogP contribution in [-0.4, -0.2) is 5.78 Å². The van der Waals surface area contributed by atoms with Gasteiger partial charge >= 0.3 is 0 Å².